The summed E-state index contributed by atoms with van der Waals surface area (Å²) in [5.74, 6) is 0. The molecule has 10 aromatic carbocycles. The Morgan fingerprint density at radius 2 is 0.820 bits per heavy atom. The van der Waals surface area contributed by atoms with Crippen LogP contribution in [-0.4, -0.2) is 4.57 Å². The molecule has 12 rings (SSSR count). The van der Waals surface area contributed by atoms with Crippen LogP contribution < -0.4 is 4.90 Å². The molecule has 0 aliphatic heterocycles. The lowest BCUT2D eigenvalue weighted by Gasteiger charge is -2.35. The molecule has 0 radical (unpaired) electrons. The van der Waals surface area contributed by atoms with Crippen LogP contribution in [0.5, 0.6) is 0 Å². The van der Waals surface area contributed by atoms with Gasteiger partial charge in [-0.2, -0.15) is 0 Å². The molecule has 0 saturated carbocycles. The molecule has 1 aliphatic rings. The molecule has 0 fully saturated rings. The predicted molar refractivity (Wildman–Crippen MR) is 256 cm³/mol. The highest BCUT2D eigenvalue weighted by Gasteiger charge is 2.46. The fourth-order valence-electron chi connectivity index (χ4n) is 10.2. The average Bonchev–Trinajstić information content (AvgIpc) is 3.83. The minimum Gasteiger partial charge on any atom is -0.310 e. The van der Waals surface area contributed by atoms with E-state index in [4.69, 9.17) is 0 Å². The number of aromatic nitrogens is 1. The Labute approximate surface area is 355 Å². The highest BCUT2D eigenvalue weighted by atomic mass is 15.1. The highest BCUT2D eigenvalue weighted by Crippen LogP contribution is 2.57. The second kappa shape index (κ2) is 14.1. The summed E-state index contributed by atoms with van der Waals surface area (Å²) in [6, 6.07) is 89.0. The molecule has 0 spiro atoms. The Morgan fingerprint density at radius 3 is 1.49 bits per heavy atom. The first-order valence-electron chi connectivity index (χ1n) is 21.1. The van der Waals surface area contributed by atoms with Gasteiger partial charge in [-0.05, 0) is 116 Å². The summed E-state index contributed by atoms with van der Waals surface area (Å²) in [5, 5.41) is 5.02. The van der Waals surface area contributed by atoms with Crippen molar-refractivity contribution in [3.05, 3.63) is 265 Å². The van der Waals surface area contributed by atoms with Gasteiger partial charge in [0.2, 0.25) is 0 Å². The van der Waals surface area contributed by atoms with Crippen LogP contribution in [0.4, 0.5) is 17.1 Å². The number of hydrogen-bond donors (Lipinski definition) is 0. The van der Waals surface area contributed by atoms with Gasteiger partial charge in [-0.1, -0.05) is 182 Å². The maximum Gasteiger partial charge on any atom is 0.0714 e. The van der Waals surface area contributed by atoms with Crippen molar-refractivity contribution in [2.75, 3.05) is 4.90 Å². The maximum atomic E-state index is 2.45. The van der Waals surface area contributed by atoms with Crippen molar-refractivity contribution in [1.29, 1.82) is 0 Å². The minimum atomic E-state index is -0.505. The molecule has 1 aromatic heterocycles. The van der Waals surface area contributed by atoms with E-state index in [9.17, 15) is 0 Å². The van der Waals surface area contributed by atoms with Gasteiger partial charge >= 0.3 is 0 Å². The Kier molecular flexibility index (Phi) is 8.11. The highest BCUT2D eigenvalue weighted by molar-refractivity contribution is 6.09. The van der Waals surface area contributed by atoms with E-state index in [1.165, 1.54) is 77.1 Å². The number of para-hydroxylation sites is 2. The number of benzene rings is 10. The molecule has 1 aliphatic carbocycles. The van der Waals surface area contributed by atoms with Crippen molar-refractivity contribution in [3.8, 4) is 27.9 Å². The molecule has 61 heavy (non-hydrogen) atoms. The molecule has 0 N–H and O–H groups in total. The zero-order valence-corrected chi connectivity index (χ0v) is 33.5. The molecule has 0 atom stereocenters. The lowest BCUT2D eigenvalue weighted by molar-refractivity contribution is 0.768. The van der Waals surface area contributed by atoms with E-state index in [0.717, 1.165) is 22.7 Å². The van der Waals surface area contributed by atoms with Crippen LogP contribution in [0, 0.1) is 0 Å². The first-order chi connectivity index (χ1) is 30.3. The second-order valence-electron chi connectivity index (χ2n) is 16.1. The quantitative estimate of drug-likeness (QED) is 0.156. The summed E-state index contributed by atoms with van der Waals surface area (Å²) < 4.78 is 2.39. The fraction of sp³-hybridized carbons (Fsp3) is 0.0169. The molecule has 1 heterocycles. The monoisotopic (exact) mass is 776 g/mol. The van der Waals surface area contributed by atoms with E-state index in [1.807, 2.05) is 0 Å². The van der Waals surface area contributed by atoms with Crippen molar-refractivity contribution >= 4 is 49.6 Å². The molecule has 0 unspecified atom stereocenters. The Hall–Kier alpha value is -7.94. The van der Waals surface area contributed by atoms with Gasteiger partial charge < -0.3 is 9.47 Å². The molecular formula is C59H40N2. The Morgan fingerprint density at radius 1 is 0.328 bits per heavy atom. The van der Waals surface area contributed by atoms with Gasteiger partial charge in [-0.25, -0.2) is 0 Å². The fourth-order valence-corrected chi connectivity index (χ4v) is 10.2. The summed E-state index contributed by atoms with van der Waals surface area (Å²) in [6.07, 6.45) is 0. The van der Waals surface area contributed by atoms with Crippen LogP contribution in [0.1, 0.15) is 22.3 Å². The SMILES string of the molecule is c1ccc(C2(c3ccccc3)c3ccccc3-c3ccc(N(c4ccc(-c5cccc6ccccc56)cc4)c4ccc(-n5c6ccccc6c6ccccc65)cc4)cc32)cc1. The van der Waals surface area contributed by atoms with E-state index < -0.39 is 5.41 Å². The third-order valence-corrected chi connectivity index (χ3v) is 12.9. The third kappa shape index (κ3) is 5.43. The van der Waals surface area contributed by atoms with Gasteiger partial charge in [0.25, 0.3) is 0 Å². The summed E-state index contributed by atoms with van der Waals surface area (Å²) >= 11 is 0. The lowest BCUT2D eigenvalue weighted by atomic mass is 9.67. The number of anilines is 3. The Balaban J connectivity index is 1.06. The first kappa shape index (κ1) is 35.0. The maximum absolute atomic E-state index is 2.45. The summed E-state index contributed by atoms with van der Waals surface area (Å²) in [5.41, 5.74) is 16.4. The van der Waals surface area contributed by atoms with Crippen molar-refractivity contribution < 1.29 is 0 Å². The first-order valence-corrected chi connectivity index (χ1v) is 21.1. The van der Waals surface area contributed by atoms with Crippen molar-refractivity contribution in [2.45, 2.75) is 5.41 Å². The van der Waals surface area contributed by atoms with E-state index in [2.05, 4.69) is 252 Å². The summed E-state index contributed by atoms with van der Waals surface area (Å²) in [7, 11) is 0. The molecule has 11 aromatic rings. The molecular weight excluding hydrogens is 737 g/mol. The van der Waals surface area contributed by atoms with E-state index in [1.54, 1.807) is 0 Å². The summed E-state index contributed by atoms with van der Waals surface area (Å²) in [6.45, 7) is 0. The van der Waals surface area contributed by atoms with Gasteiger partial charge in [-0.15, -0.1) is 0 Å². The minimum absolute atomic E-state index is 0.505. The van der Waals surface area contributed by atoms with Crippen LogP contribution in [-0.2, 0) is 5.41 Å². The number of nitrogens with zero attached hydrogens (tertiary/aromatic N) is 2. The molecule has 0 saturated heterocycles. The van der Waals surface area contributed by atoms with Crippen LogP contribution in [0.25, 0.3) is 60.5 Å². The van der Waals surface area contributed by atoms with E-state index >= 15 is 0 Å². The standard InChI is InChI=1S/C59H40N2/c1-3-18-43(19-4-1)59(44-20-5-2-6-21-44)55-27-12-9-23-51(55)52-39-38-48(40-56(52)59)60(45-32-30-42(31-33-45)50-26-15-17-41-16-7-8-22-49(41)50)46-34-36-47(37-35-46)61-57-28-13-10-24-53(57)54-25-11-14-29-58(54)61/h1-40H. The summed E-state index contributed by atoms with van der Waals surface area (Å²) in [4.78, 5) is 2.42. The van der Waals surface area contributed by atoms with Gasteiger partial charge in [0.15, 0.2) is 0 Å². The van der Waals surface area contributed by atoms with Crippen molar-refractivity contribution in [1.82, 2.24) is 4.57 Å². The van der Waals surface area contributed by atoms with Gasteiger partial charge in [0.1, 0.15) is 0 Å². The lowest BCUT2D eigenvalue weighted by Crippen LogP contribution is -2.28. The number of fused-ring (bicyclic) bond motifs is 7. The van der Waals surface area contributed by atoms with Gasteiger partial charge in [0.05, 0.1) is 16.4 Å². The third-order valence-electron chi connectivity index (χ3n) is 12.9. The van der Waals surface area contributed by atoms with Crippen molar-refractivity contribution in [3.63, 3.8) is 0 Å². The molecule has 0 bridgehead atoms. The van der Waals surface area contributed by atoms with Gasteiger partial charge in [-0.3, -0.25) is 0 Å². The topological polar surface area (TPSA) is 8.17 Å². The molecule has 0 amide bonds. The normalized spacial score (nSPS) is 12.7. The van der Waals surface area contributed by atoms with Crippen LogP contribution in [0.2, 0.25) is 0 Å². The van der Waals surface area contributed by atoms with Crippen LogP contribution in [0.15, 0.2) is 243 Å². The average molecular weight is 777 g/mol. The van der Waals surface area contributed by atoms with Crippen LogP contribution in [0.3, 0.4) is 0 Å². The smallest absolute Gasteiger partial charge is 0.0714 e. The van der Waals surface area contributed by atoms with Crippen LogP contribution >= 0.6 is 0 Å². The van der Waals surface area contributed by atoms with E-state index in [-0.39, 0.29) is 0 Å². The zero-order valence-electron chi connectivity index (χ0n) is 33.5. The van der Waals surface area contributed by atoms with Gasteiger partial charge in [0, 0.05) is 33.5 Å². The number of rotatable bonds is 7. The molecule has 2 heteroatoms. The zero-order chi connectivity index (χ0) is 40.3. The van der Waals surface area contributed by atoms with E-state index in [0.29, 0.717) is 0 Å². The predicted octanol–water partition coefficient (Wildman–Crippen LogP) is 15.4. The Bertz CT molecular complexity index is 3300. The molecule has 286 valence electrons. The second-order valence-corrected chi connectivity index (χ2v) is 16.1. The largest absolute Gasteiger partial charge is 0.310 e. The molecule has 2 nitrogen and oxygen atoms in total. The number of hydrogen-bond acceptors (Lipinski definition) is 1. The van der Waals surface area contributed by atoms with Crippen molar-refractivity contribution in [2.24, 2.45) is 0 Å².